The number of aromatic amines is 1. The van der Waals surface area contributed by atoms with Crippen LogP contribution in [0.4, 0.5) is 0 Å². The molecule has 0 aliphatic heterocycles. The van der Waals surface area contributed by atoms with Crippen LogP contribution in [0.5, 0.6) is 0 Å². The molecule has 2 rings (SSSR count). The zero-order chi connectivity index (χ0) is 14.7. The lowest BCUT2D eigenvalue weighted by Gasteiger charge is -2.21. The van der Waals surface area contributed by atoms with E-state index in [4.69, 9.17) is 5.11 Å². The van der Waals surface area contributed by atoms with E-state index in [2.05, 4.69) is 20.6 Å². The lowest BCUT2D eigenvalue weighted by atomic mass is 10.1. The summed E-state index contributed by atoms with van der Waals surface area (Å²) >= 11 is 0. The summed E-state index contributed by atoms with van der Waals surface area (Å²) in [7, 11) is 1.45. The number of aromatic nitrogens is 4. The third-order valence-corrected chi connectivity index (χ3v) is 2.97. The van der Waals surface area contributed by atoms with E-state index in [1.807, 2.05) is 0 Å². The van der Waals surface area contributed by atoms with Gasteiger partial charge in [0.15, 0.2) is 0 Å². The molecule has 20 heavy (non-hydrogen) atoms. The van der Waals surface area contributed by atoms with E-state index in [0.29, 0.717) is 17.0 Å². The molecular formula is C12H13N5O3. The van der Waals surface area contributed by atoms with Crippen molar-refractivity contribution in [2.24, 2.45) is 0 Å². The highest BCUT2D eigenvalue weighted by Gasteiger charge is 2.23. The minimum atomic E-state index is -1.06. The van der Waals surface area contributed by atoms with Crippen molar-refractivity contribution in [1.29, 1.82) is 0 Å². The van der Waals surface area contributed by atoms with E-state index in [0.717, 1.165) is 4.90 Å². The van der Waals surface area contributed by atoms with Crippen molar-refractivity contribution in [2.45, 2.75) is 13.0 Å². The number of carbonyl (C=O) groups excluding carboxylic acids is 1. The van der Waals surface area contributed by atoms with E-state index in [1.165, 1.54) is 14.0 Å². The van der Waals surface area contributed by atoms with Gasteiger partial charge in [0.25, 0.3) is 5.91 Å². The summed E-state index contributed by atoms with van der Waals surface area (Å²) in [6.07, 6.45) is 0. The van der Waals surface area contributed by atoms with Crippen LogP contribution in [0.3, 0.4) is 0 Å². The molecule has 104 valence electrons. The number of hydrogen-bond acceptors (Lipinski definition) is 5. The monoisotopic (exact) mass is 275 g/mol. The molecule has 1 atom stereocenters. The molecule has 0 radical (unpaired) electrons. The molecule has 1 aromatic carbocycles. The van der Waals surface area contributed by atoms with E-state index in [-0.39, 0.29) is 5.91 Å². The molecule has 0 spiro atoms. The van der Waals surface area contributed by atoms with Crippen molar-refractivity contribution in [2.75, 3.05) is 7.05 Å². The molecule has 0 aliphatic carbocycles. The van der Waals surface area contributed by atoms with Crippen LogP contribution < -0.4 is 0 Å². The third kappa shape index (κ3) is 2.63. The van der Waals surface area contributed by atoms with Gasteiger partial charge in [0.2, 0.25) is 5.82 Å². The van der Waals surface area contributed by atoms with E-state index in [1.54, 1.807) is 24.3 Å². The average Bonchev–Trinajstić information content (AvgIpc) is 2.99. The summed E-state index contributed by atoms with van der Waals surface area (Å²) in [4.78, 5) is 24.3. The first kappa shape index (κ1) is 13.7. The van der Waals surface area contributed by atoms with Gasteiger partial charge in [-0.15, -0.1) is 10.2 Å². The molecule has 1 unspecified atom stereocenters. The molecule has 2 N–H and O–H groups in total. The maximum Gasteiger partial charge on any atom is 0.326 e. The standard InChI is InChI=1S/C12H13N5O3/c1-7(12(19)20)17(2)11(18)9-5-3-4-8(6-9)10-13-15-16-14-10/h3-7H,1-2H3,(H,19,20)(H,13,14,15,16). The topological polar surface area (TPSA) is 112 Å². The SMILES string of the molecule is CC(C(=O)O)N(C)C(=O)c1cccc(-c2nn[nH]n2)c1. The second-order valence-corrected chi connectivity index (χ2v) is 4.25. The third-order valence-electron chi connectivity index (χ3n) is 2.97. The zero-order valence-corrected chi connectivity index (χ0v) is 10.9. The van der Waals surface area contributed by atoms with Crippen molar-refractivity contribution < 1.29 is 14.7 Å². The van der Waals surface area contributed by atoms with Crippen molar-refractivity contribution in [1.82, 2.24) is 25.5 Å². The zero-order valence-electron chi connectivity index (χ0n) is 10.9. The van der Waals surface area contributed by atoms with Crippen LogP contribution >= 0.6 is 0 Å². The van der Waals surface area contributed by atoms with Crippen LogP contribution in [0.1, 0.15) is 17.3 Å². The Morgan fingerprint density at radius 3 is 2.75 bits per heavy atom. The second-order valence-electron chi connectivity index (χ2n) is 4.25. The number of carbonyl (C=O) groups is 2. The quantitative estimate of drug-likeness (QED) is 0.835. The van der Waals surface area contributed by atoms with Crippen molar-refractivity contribution >= 4 is 11.9 Å². The predicted molar refractivity (Wildman–Crippen MR) is 68.8 cm³/mol. The number of tetrazole rings is 1. The van der Waals surface area contributed by atoms with E-state index in [9.17, 15) is 9.59 Å². The van der Waals surface area contributed by atoms with Gasteiger partial charge in [-0.2, -0.15) is 5.21 Å². The van der Waals surface area contributed by atoms with Gasteiger partial charge in [-0.25, -0.2) is 4.79 Å². The van der Waals surface area contributed by atoms with E-state index < -0.39 is 12.0 Å². The van der Waals surface area contributed by atoms with Gasteiger partial charge in [0, 0.05) is 18.2 Å². The number of hydrogen-bond donors (Lipinski definition) is 2. The van der Waals surface area contributed by atoms with Gasteiger partial charge in [-0.3, -0.25) is 4.79 Å². The number of aliphatic carboxylic acids is 1. The van der Waals surface area contributed by atoms with Gasteiger partial charge >= 0.3 is 5.97 Å². The molecule has 0 fully saturated rings. The van der Waals surface area contributed by atoms with Crippen LogP contribution in [-0.2, 0) is 4.79 Å². The minimum absolute atomic E-state index is 0.364. The molecule has 0 saturated carbocycles. The highest BCUT2D eigenvalue weighted by Crippen LogP contribution is 2.16. The van der Waals surface area contributed by atoms with Crippen LogP contribution in [0.15, 0.2) is 24.3 Å². The van der Waals surface area contributed by atoms with Crippen LogP contribution in [0.25, 0.3) is 11.4 Å². The van der Waals surface area contributed by atoms with Gasteiger partial charge < -0.3 is 10.0 Å². The van der Waals surface area contributed by atoms with Crippen LogP contribution in [-0.4, -0.2) is 55.6 Å². The van der Waals surface area contributed by atoms with Gasteiger partial charge in [-0.1, -0.05) is 12.1 Å². The Labute approximate surface area is 114 Å². The lowest BCUT2D eigenvalue weighted by Crippen LogP contribution is -2.40. The molecular weight excluding hydrogens is 262 g/mol. The van der Waals surface area contributed by atoms with Gasteiger partial charge in [-0.05, 0) is 24.3 Å². The molecule has 8 heteroatoms. The molecule has 0 bridgehead atoms. The van der Waals surface area contributed by atoms with E-state index >= 15 is 0 Å². The number of carboxylic acid groups (broad SMARTS) is 1. The molecule has 0 saturated heterocycles. The lowest BCUT2D eigenvalue weighted by molar-refractivity contribution is -0.141. The largest absolute Gasteiger partial charge is 0.480 e. The molecule has 1 amide bonds. The van der Waals surface area contributed by atoms with Crippen LogP contribution in [0.2, 0.25) is 0 Å². The summed E-state index contributed by atoms with van der Waals surface area (Å²) in [6, 6.07) is 5.71. The Morgan fingerprint density at radius 1 is 1.40 bits per heavy atom. The fourth-order valence-electron chi connectivity index (χ4n) is 1.62. The molecule has 0 aliphatic rings. The fraction of sp³-hybridized carbons (Fsp3) is 0.250. The summed E-state index contributed by atoms with van der Waals surface area (Å²) < 4.78 is 0. The Morgan fingerprint density at radius 2 is 2.15 bits per heavy atom. The first-order chi connectivity index (χ1) is 9.50. The summed E-state index contributed by atoms with van der Waals surface area (Å²) in [5.41, 5.74) is 0.990. The Hall–Kier alpha value is -2.77. The average molecular weight is 275 g/mol. The second kappa shape index (κ2) is 5.47. The predicted octanol–water partition coefficient (Wildman–Crippen LogP) is 0.412. The highest BCUT2D eigenvalue weighted by molar-refractivity contribution is 5.97. The maximum absolute atomic E-state index is 12.2. The summed E-state index contributed by atoms with van der Waals surface area (Å²) in [5, 5.41) is 22.4. The number of likely N-dealkylation sites (N-methyl/N-ethyl adjacent to an activating group) is 1. The van der Waals surface area contributed by atoms with Crippen molar-refractivity contribution in [3.8, 4) is 11.4 Å². The van der Waals surface area contributed by atoms with Crippen LogP contribution in [0, 0.1) is 0 Å². The first-order valence-electron chi connectivity index (χ1n) is 5.84. The summed E-state index contributed by atoms with van der Waals surface area (Å²) in [6.45, 7) is 1.45. The Kier molecular flexibility index (Phi) is 3.74. The van der Waals surface area contributed by atoms with Crippen molar-refractivity contribution in [3.63, 3.8) is 0 Å². The number of H-pyrrole nitrogens is 1. The fourth-order valence-corrected chi connectivity index (χ4v) is 1.62. The number of nitrogens with zero attached hydrogens (tertiary/aromatic N) is 4. The smallest absolute Gasteiger partial charge is 0.326 e. The Balaban J connectivity index is 2.27. The normalized spacial score (nSPS) is 11.9. The minimum Gasteiger partial charge on any atom is -0.480 e. The Bertz CT molecular complexity index is 626. The van der Waals surface area contributed by atoms with Crippen molar-refractivity contribution in [3.05, 3.63) is 29.8 Å². The highest BCUT2D eigenvalue weighted by atomic mass is 16.4. The number of benzene rings is 1. The molecule has 2 aromatic rings. The molecule has 1 heterocycles. The maximum atomic E-state index is 12.2. The summed E-state index contributed by atoms with van der Waals surface area (Å²) in [5.74, 6) is -1.07. The number of nitrogens with one attached hydrogen (secondary N) is 1. The number of rotatable bonds is 4. The molecule has 1 aromatic heterocycles. The first-order valence-corrected chi connectivity index (χ1v) is 5.84. The van der Waals surface area contributed by atoms with Gasteiger partial charge in [0.1, 0.15) is 6.04 Å². The number of carboxylic acids is 1. The van der Waals surface area contributed by atoms with Gasteiger partial charge in [0.05, 0.1) is 0 Å². The molecule has 8 nitrogen and oxygen atoms in total. The number of amides is 1.